The molecule has 0 atom stereocenters. The first-order valence-electron chi connectivity index (χ1n) is 11.7. The fourth-order valence-corrected chi connectivity index (χ4v) is 5.65. The first kappa shape index (κ1) is 20.4. The maximum atomic E-state index is 13.5. The number of aromatic hydroxyl groups is 1. The van der Waals surface area contributed by atoms with E-state index in [1.807, 2.05) is 6.92 Å². The van der Waals surface area contributed by atoms with Gasteiger partial charge in [-0.05, 0) is 45.4 Å². The van der Waals surface area contributed by atoms with Crippen LogP contribution < -0.4 is 11.2 Å². The predicted molar refractivity (Wildman–Crippen MR) is 115 cm³/mol. The van der Waals surface area contributed by atoms with Crippen LogP contribution >= 0.6 is 0 Å². The minimum Gasteiger partial charge on any atom is -0.494 e. The highest BCUT2D eigenvalue weighted by Gasteiger charge is 2.30. The highest BCUT2D eigenvalue weighted by molar-refractivity contribution is 6.00. The molecule has 0 aliphatic heterocycles. The van der Waals surface area contributed by atoms with E-state index < -0.39 is 0 Å². The van der Waals surface area contributed by atoms with Crippen molar-refractivity contribution in [3.8, 4) is 5.88 Å². The third kappa shape index (κ3) is 4.08. The Morgan fingerprint density at radius 3 is 1.83 bits per heavy atom. The summed E-state index contributed by atoms with van der Waals surface area (Å²) in [6, 6.07) is 0.147. The minimum absolute atomic E-state index is 0.0234. The number of rotatable bonds is 4. The van der Waals surface area contributed by atoms with Gasteiger partial charge in [-0.1, -0.05) is 51.4 Å². The van der Waals surface area contributed by atoms with E-state index in [1.54, 1.807) is 0 Å². The second-order valence-corrected chi connectivity index (χ2v) is 9.26. The molecule has 3 fully saturated rings. The quantitative estimate of drug-likeness (QED) is 0.756. The zero-order valence-electron chi connectivity index (χ0n) is 17.7. The van der Waals surface area contributed by atoms with Crippen LogP contribution in [0.25, 0.3) is 0 Å². The summed E-state index contributed by atoms with van der Waals surface area (Å²) in [5.41, 5.74) is 0.190. The Labute approximate surface area is 172 Å². The van der Waals surface area contributed by atoms with Crippen molar-refractivity contribution in [2.45, 2.75) is 115 Å². The van der Waals surface area contributed by atoms with Crippen LogP contribution in [0, 0.1) is 0 Å². The molecule has 3 aliphatic rings. The van der Waals surface area contributed by atoms with Gasteiger partial charge in [0.2, 0.25) is 5.88 Å². The van der Waals surface area contributed by atoms with Crippen molar-refractivity contribution in [3.63, 3.8) is 0 Å². The molecule has 29 heavy (non-hydrogen) atoms. The van der Waals surface area contributed by atoms with E-state index in [0.29, 0.717) is 5.71 Å². The van der Waals surface area contributed by atoms with E-state index in [-0.39, 0.29) is 40.8 Å². The molecule has 0 unspecified atom stereocenters. The Kier molecular flexibility index (Phi) is 6.26. The van der Waals surface area contributed by atoms with Crippen molar-refractivity contribution in [2.75, 3.05) is 0 Å². The number of hydrogen-bond donors (Lipinski definition) is 1. The van der Waals surface area contributed by atoms with Gasteiger partial charge in [0.05, 0.1) is 11.8 Å². The third-order valence-corrected chi connectivity index (χ3v) is 7.24. The normalized spacial score (nSPS) is 23.0. The molecular formula is C23H35N3O3. The maximum Gasteiger partial charge on any atom is 0.334 e. The summed E-state index contributed by atoms with van der Waals surface area (Å²) in [6.45, 7) is 1.83. The van der Waals surface area contributed by atoms with E-state index in [9.17, 15) is 14.7 Å². The summed E-state index contributed by atoms with van der Waals surface area (Å²) in [7, 11) is 0. The van der Waals surface area contributed by atoms with Crippen LogP contribution in [0.2, 0.25) is 0 Å². The minimum atomic E-state index is -0.342. The summed E-state index contributed by atoms with van der Waals surface area (Å²) in [4.78, 5) is 31.7. The molecule has 0 bridgehead atoms. The van der Waals surface area contributed by atoms with Crippen LogP contribution in [0.15, 0.2) is 14.6 Å². The molecule has 3 saturated carbocycles. The monoisotopic (exact) mass is 401 g/mol. The average molecular weight is 402 g/mol. The molecule has 6 nitrogen and oxygen atoms in total. The van der Waals surface area contributed by atoms with Crippen molar-refractivity contribution in [1.82, 2.24) is 9.13 Å². The Balaban J connectivity index is 1.86. The van der Waals surface area contributed by atoms with Crippen LogP contribution in [-0.4, -0.2) is 26.0 Å². The molecule has 0 spiro atoms. The largest absolute Gasteiger partial charge is 0.494 e. The lowest BCUT2D eigenvalue weighted by Gasteiger charge is -2.29. The predicted octanol–water partition coefficient (Wildman–Crippen LogP) is 4.48. The average Bonchev–Trinajstić information content (AvgIpc) is 3.22. The fourth-order valence-electron chi connectivity index (χ4n) is 5.65. The van der Waals surface area contributed by atoms with Gasteiger partial charge in [0.15, 0.2) is 0 Å². The van der Waals surface area contributed by atoms with Crippen LogP contribution in [0.3, 0.4) is 0 Å². The number of aliphatic imine (C=N–C) groups is 1. The first-order chi connectivity index (χ1) is 14.1. The molecule has 3 aliphatic carbocycles. The molecule has 0 radical (unpaired) electrons. The van der Waals surface area contributed by atoms with Gasteiger partial charge in [-0.25, -0.2) is 4.79 Å². The van der Waals surface area contributed by atoms with Crippen molar-refractivity contribution in [2.24, 2.45) is 4.99 Å². The smallest absolute Gasteiger partial charge is 0.334 e. The van der Waals surface area contributed by atoms with Gasteiger partial charge in [0.1, 0.15) is 5.56 Å². The lowest BCUT2D eigenvalue weighted by atomic mass is 9.94. The summed E-state index contributed by atoms with van der Waals surface area (Å²) in [5, 5.41) is 11.1. The van der Waals surface area contributed by atoms with Gasteiger partial charge < -0.3 is 5.11 Å². The van der Waals surface area contributed by atoms with Gasteiger partial charge in [-0.15, -0.1) is 0 Å². The summed E-state index contributed by atoms with van der Waals surface area (Å²) >= 11 is 0. The molecule has 0 amide bonds. The summed E-state index contributed by atoms with van der Waals surface area (Å²) < 4.78 is 3.01. The molecule has 0 saturated heterocycles. The molecule has 160 valence electrons. The van der Waals surface area contributed by atoms with Crippen LogP contribution in [-0.2, 0) is 0 Å². The molecule has 1 aromatic rings. The Morgan fingerprint density at radius 1 is 0.793 bits per heavy atom. The molecule has 1 N–H and O–H groups in total. The van der Waals surface area contributed by atoms with Gasteiger partial charge in [-0.3, -0.25) is 18.9 Å². The number of aromatic nitrogens is 2. The number of nitrogens with zero attached hydrogens (tertiary/aromatic N) is 3. The van der Waals surface area contributed by atoms with Gasteiger partial charge >= 0.3 is 5.69 Å². The van der Waals surface area contributed by atoms with Crippen LogP contribution in [0.5, 0.6) is 5.88 Å². The highest BCUT2D eigenvalue weighted by atomic mass is 16.3. The van der Waals surface area contributed by atoms with Crippen molar-refractivity contribution in [1.29, 1.82) is 0 Å². The second kappa shape index (κ2) is 8.88. The first-order valence-corrected chi connectivity index (χ1v) is 11.7. The molecule has 0 aromatic carbocycles. The highest BCUT2D eigenvalue weighted by Crippen LogP contribution is 2.32. The molecule has 1 aromatic heterocycles. The molecule has 6 heteroatoms. The zero-order valence-corrected chi connectivity index (χ0v) is 17.7. The van der Waals surface area contributed by atoms with Crippen molar-refractivity contribution in [3.05, 3.63) is 26.4 Å². The van der Waals surface area contributed by atoms with Gasteiger partial charge in [0, 0.05) is 12.1 Å². The summed E-state index contributed by atoms with van der Waals surface area (Å²) in [6.07, 6.45) is 14.5. The molecular weight excluding hydrogens is 366 g/mol. The van der Waals surface area contributed by atoms with Crippen LogP contribution in [0.1, 0.15) is 114 Å². The lowest BCUT2D eigenvalue weighted by Crippen LogP contribution is -2.46. The fraction of sp³-hybridized carbons (Fsp3) is 0.783. The van der Waals surface area contributed by atoms with E-state index in [2.05, 4.69) is 0 Å². The third-order valence-electron chi connectivity index (χ3n) is 7.24. The topological polar surface area (TPSA) is 76.6 Å². The summed E-state index contributed by atoms with van der Waals surface area (Å²) in [5.74, 6) is -0.154. The van der Waals surface area contributed by atoms with Crippen molar-refractivity contribution < 1.29 is 5.11 Å². The lowest BCUT2D eigenvalue weighted by molar-refractivity contribution is 0.271. The SMILES string of the molecule is CC(=NC1CCCC1)c1c(O)n(C2CCCCC2)c(=O)n(C2CCCCC2)c1=O. The Hall–Kier alpha value is -1.85. The van der Waals surface area contributed by atoms with Crippen LogP contribution in [0.4, 0.5) is 0 Å². The Bertz CT molecular complexity index is 865. The van der Waals surface area contributed by atoms with E-state index in [0.717, 1.165) is 70.6 Å². The molecule has 4 rings (SSSR count). The van der Waals surface area contributed by atoms with E-state index in [4.69, 9.17) is 4.99 Å². The van der Waals surface area contributed by atoms with E-state index in [1.165, 1.54) is 28.4 Å². The number of hydrogen-bond acceptors (Lipinski definition) is 4. The van der Waals surface area contributed by atoms with Crippen molar-refractivity contribution >= 4 is 5.71 Å². The standard InChI is InChI=1S/C23H35N3O3/c1-16(24-17-10-8-9-11-17)20-21(27)25(18-12-4-2-5-13-18)23(29)26(22(20)28)19-14-6-3-7-15-19/h17-19,27H,2-15H2,1H3. The van der Waals surface area contributed by atoms with Gasteiger partial charge in [0.25, 0.3) is 5.56 Å². The van der Waals surface area contributed by atoms with E-state index >= 15 is 0 Å². The maximum absolute atomic E-state index is 13.5. The molecule has 1 heterocycles. The zero-order chi connectivity index (χ0) is 20.4. The second-order valence-electron chi connectivity index (χ2n) is 9.26. The van der Waals surface area contributed by atoms with Gasteiger partial charge in [-0.2, -0.15) is 0 Å². The Morgan fingerprint density at radius 2 is 1.28 bits per heavy atom.